The molecule has 1 fully saturated rings. The molecule has 1 aliphatic rings. The van der Waals surface area contributed by atoms with Crippen LogP contribution in [0.5, 0.6) is 0 Å². The standard InChI is InChI=1S/C6H13NO9S2/c7-5-3-14-4(2-15-17(8,9)10)1-6(5)16-18(11,12)13/h4-6H,1-3,7H2,(H,8,9,10)(H,11,12,13). The maximum Gasteiger partial charge on any atom is 0.397 e. The first kappa shape index (κ1) is 15.7. The Morgan fingerprint density at radius 3 is 2.33 bits per heavy atom. The lowest BCUT2D eigenvalue weighted by molar-refractivity contribution is -0.0651. The predicted molar refractivity (Wildman–Crippen MR) is 56.3 cm³/mol. The summed E-state index contributed by atoms with van der Waals surface area (Å²) in [5.41, 5.74) is 5.50. The van der Waals surface area contributed by atoms with Crippen molar-refractivity contribution in [2.75, 3.05) is 13.2 Å². The summed E-state index contributed by atoms with van der Waals surface area (Å²) in [6.07, 6.45) is -2.02. The molecule has 12 heteroatoms. The summed E-state index contributed by atoms with van der Waals surface area (Å²) in [5, 5.41) is 0. The van der Waals surface area contributed by atoms with Gasteiger partial charge in [-0.2, -0.15) is 16.8 Å². The first-order chi connectivity index (χ1) is 8.07. The van der Waals surface area contributed by atoms with E-state index >= 15 is 0 Å². The van der Waals surface area contributed by atoms with Crippen LogP contribution in [0.25, 0.3) is 0 Å². The molecule has 18 heavy (non-hydrogen) atoms. The highest BCUT2D eigenvalue weighted by molar-refractivity contribution is 7.81. The van der Waals surface area contributed by atoms with E-state index in [9.17, 15) is 16.8 Å². The molecule has 1 rings (SSSR count). The van der Waals surface area contributed by atoms with Crippen molar-refractivity contribution in [2.24, 2.45) is 5.73 Å². The van der Waals surface area contributed by atoms with Crippen molar-refractivity contribution >= 4 is 20.8 Å². The van der Waals surface area contributed by atoms with Gasteiger partial charge in [0.15, 0.2) is 0 Å². The normalized spacial score (nSPS) is 30.3. The third-order valence-corrected chi connectivity index (χ3v) is 3.07. The average Bonchev–Trinajstić information content (AvgIpc) is 2.16. The molecule has 0 aliphatic carbocycles. The fraction of sp³-hybridized carbons (Fsp3) is 1.00. The lowest BCUT2D eigenvalue weighted by atomic mass is 10.0. The first-order valence-corrected chi connectivity index (χ1v) is 7.44. The smallest absolute Gasteiger partial charge is 0.374 e. The molecule has 1 saturated heterocycles. The molecule has 1 heterocycles. The second-order valence-corrected chi connectivity index (χ2v) is 5.77. The van der Waals surface area contributed by atoms with Crippen LogP contribution >= 0.6 is 0 Å². The van der Waals surface area contributed by atoms with Crippen LogP contribution < -0.4 is 5.73 Å². The lowest BCUT2D eigenvalue weighted by Gasteiger charge is -2.32. The molecular weight excluding hydrogens is 294 g/mol. The minimum atomic E-state index is -4.67. The van der Waals surface area contributed by atoms with E-state index < -0.39 is 45.7 Å². The Morgan fingerprint density at radius 2 is 1.83 bits per heavy atom. The van der Waals surface area contributed by atoms with E-state index in [0.717, 1.165) is 0 Å². The minimum Gasteiger partial charge on any atom is -0.374 e. The Hall–Kier alpha value is -0.340. The molecular formula is C6H13NO9S2. The minimum absolute atomic E-state index is 0.111. The van der Waals surface area contributed by atoms with Crippen molar-refractivity contribution < 1.29 is 39.0 Å². The molecule has 0 radical (unpaired) electrons. The van der Waals surface area contributed by atoms with Gasteiger partial charge >= 0.3 is 20.8 Å². The van der Waals surface area contributed by atoms with E-state index in [4.69, 9.17) is 19.6 Å². The highest BCUT2D eigenvalue weighted by atomic mass is 32.3. The number of hydrogen-bond donors (Lipinski definition) is 3. The largest absolute Gasteiger partial charge is 0.397 e. The molecule has 0 aromatic rings. The van der Waals surface area contributed by atoms with Crippen molar-refractivity contribution in [3.05, 3.63) is 0 Å². The molecule has 108 valence electrons. The zero-order valence-corrected chi connectivity index (χ0v) is 10.6. The molecule has 0 amide bonds. The monoisotopic (exact) mass is 307 g/mol. The van der Waals surface area contributed by atoms with Crippen LogP contribution in [0.15, 0.2) is 0 Å². The Kier molecular flexibility index (Phi) is 5.02. The van der Waals surface area contributed by atoms with E-state index in [-0.39, 0.29) is 13.0 Å². The second kappa shape index (κ2) is 5.75. The molecule has 0 saturated carbocycles. The fourth-order valence-corrected chi connectivity index (χ4v) is 2.26. The second-order valence-electron chi connectivity index (χ2n) is 3.63. The molecule has 4 N–H and O–H groups in total. The quantitative estimate of drug-likeness (QED) is 0.489. The summed E-state index contributed by atoms with van der Waals surface area (Å²) in [6.45, 7) is -0.628. The number of nitrogens with two attached hydrogens (primary N) is 1. The molecule has 0 aromatic heterocycles. The van der Waals surface area contributed by atoms with Gasteiger partial charge in [0, 0.05) is 6.42 Å². The summed E-state index contributed by atoms with van der Waals surface area (Å²) in [7, 11) is -9.28. The Balaban J connectivity index is 2.55. The van der Waals surface area contributed by atoms with Crippen LogP contribution in [0.1, 0.15) is 6.42 Å². The van der Waals surface area contributed by atoms with Crippen molar-refractivity contribution in [1.82, 2.24) is 0 Å². The maximum absolute atomic E-state index is 10.5. The Labute approximate surface area is 104 Å². The molecule has 0 spiro atoms. The van der Waals surface area contributed by atoms with Gasteiger partial charge in [0.25, 0.3) is 0 Å². The van der Waals surface area contributed by atoms with Crippen LogP contribution in [0.3, 0.4) is 0 Å². The highest BCUT2D eigenvalue weighted by Crippen LogP contribution is 2.18. The summed E-state index contributed by atoms with van der Waals surface area (Å²) in [4.78, 5) is 0. The molecule has 3 atom stereocenters. The van der Waals surface area contributed by atoms with E-state index in [1.54, 1.807) is 0 Å². The van der Waals surface area contributed by atoms with Crippen molar-refractivity contribution in [1.29, 1.82) is 0 Å². The van der Waals surface area contributed by atoms with Gasteiger partial charge in [-0.1, -0.05) is 0 Å². The number of rotatable bonds is 5. The Morgan fingerprint density at radius 1 is 1.22 bits per heavy atom. The van der Waals surface area contributed by atoms with E-state index in [1.165, 1.54) is 0 Å². The van der Waals surface area contributed by atoms with Crippen molar-refractivity contribution in [2.45, 2.75) is 24.7 Å². The summed E-state index contributed by atoms with van der Waals surface area (Å²) in [6, 6.07) is -0.797. The van der Waals surface area contributed by atoms with Gasteiger partial charge in [0.1, 0.15) is 0 Å². The SMILES string of the molecule is NC1COC(COS(=O)(=O)O)CC1OS(=O)(=O)O. The van der Waals surface area contributed by atoms with Gasteiger partial charge in [-0.15, -0.1) is 0 Å². The topological polar surface area (TPSA) is 162 Å². The van der Waals surface area contributed by atoms with Crippen molar-refractivity contribution in [3.8, 4) is 0 Å². The summed E-state index contributed by atoms with van der Waals surface area (Å²) < 4.78 is 72.1. The van der Waals surface area contributed by atoms with Crippen LogP contribution in [0.2, 0.25) is 0 Å². The van der Waals surface area contributed by atoms with Crippen LogP contribution in [-0.2, 0) is 33.9 Å². The van der Waals surface area contributed by atoms with Gasteiger partial charge in [0.2, 0.25) is 0 Å². The third-order valence-electron chi connectivity index (χ3n) is 2.15. The van der Waals surface area contributed by atoms with Crippen LogP contribution in [0, 0.1) is 0 Å². The van der Waals surface area contributed by atoms with Crippen LogP contribution in [-0.4, -0.2) is 57.4 Å². The molecule has 0 aromatic carbocycles. The highest BCUT2D eigenvalue weighted by Gasteiger charge is 2.33. The first-order valence-electron chi connectivity index (χ1n) is 4.71. The zero-order valence-electron chi connectivity index (χ0n) is 9.00. The lowest BCUT2D eigenvalue weighted by Crippen LogP contribution is -2.49. The average molecular weight is 307 g/mol. The molecule has 3 unspecified atom stereocenters. The molecule has 0 bridgehead atoms. The molecule has 10 nitrogen and oxygen atoms in total. The summed E-state index contributed by atoms with van der Waals surface area (Å²) in [5.74, 6) is 0. The van der Waals surface area contributed by atoms with E-state index in [1.807, 2.05) is 0 Å². The van der Waals surface area contributed by atoms with Gasteiger partial charge in [-0.3, -0.25) is 9.11 Å². The predicted octanol–water partition coefficient (Wildman–Crippen LogP) is -1.89. The van der Waals surface area contributed by atoms with Crippen molar-refractivity contribution in [3.63, 3.8) is 0 Å². The number of hydrogen-bond acceptors (Lipinski definition) is 8. The van der Waals surface area contributed by atoms with Gasteiger partial charge in [-0.25, -0.2) is 8.37 Å². The van der Waals surface area contributed by atoms with Gasteiger partial charge < -0.3 is 10.5 Å². The third kappa shape index (κ3) is 6.01. The van der Waals surface area contributed by atoms with Gasteiger partial charge in [0.05, 0.1) is 31.5 Å². The maximum atomic E-state index is 10.5. The van der Waals surface area contributed by atoms with Gasteiger partial charge in [-0.05, 0) is 0 Å². The van der Waals surface area contributed by atoms with E-state index in [2.05, 4.69) is 8.37 Å². The zero-order chi connectivity index (χ0) is 14.0. The fourth-order valence-electron chi connectivity index (χ4n) is 1.40. The summed E-state index contributed by atoms with van der Waals surface area (Å²) >= 11 is 0. The molecule has 1 aliphatic heterocycles. The van der Waals surface area contributed by atoms with Crippen LogP contribution in [0.4, 0.5) is 0 Å². The van der Waals surface area contributed by atoms with E-state index in [0.29, 0.717) is 0 Å². The number of ether oxygens (including phenoxy) is 1. The Bertz CT molecular complexity index is 471.